The molecule has 1 atom stereocenters. The summed E-state index contributed by atoms with van der Waals surface area (Å²) in [4.78, 5) is 13.2. The molecule has 19 heavy (non-hydrogen) atoms. The minimum atomic E-state index is 0.101. The Hall–Kier alpha value is -0.650. The van der Waals surface area contributed by atoms with Crippen molar-refractivity contribution in [2.45, 2.75) is 24.3 Å². The van der Waals surface area contributed by atoms with E-state index < -0.39 is 0 Å². The Bertz CT molecular complexity index is 420. The standard InChI is InChI=1S/C14H20N2OS2/c1-2-19-13-6-4-3-5-12(13)16-14(17)9-11-10-18-8-7-15-11/h3-6,11,15H,2,7-10H2,1H3,(H,16,17). The molecule has 0 bridgehead atoms. The summed E-state index contributed by atoms with van der Waals surface area (Å²) >= 11 is 3.67. The number of amides is 1. The van der Waals surface area contributed by atoms with Gasteiger partial charge in [-0.25, -0.2) is 0 Å². The predicted octanol–water partition coefficient (Wildman–Crippen LogP) is 2.83. The summed E-state index contributed by atoms with van der Waals surface area (Å²) in [5.41, 5.74) is 0.933. The van der Waals surface area contributed by atoms with Gasteiger partial charge in [-0.2, -0.15) is 11.8 Å². The molecule has 0 spiro atoms. The first-order chi connectivity index (χ1) is 9.29. The van der Waals surface area contributed by atoms with E-state index in [1.807, 2.05) is 30.0 Å². The molecule has 3 nitrogen and oxygen atoms in total. The average molecular weight is 296 g/mol. The minimum absolute atomic E-state index is 0.101. The van der Waals surface area contributed by atoms with Crippen molar-refractivity contribution in [1.29, 1.82) is 0 Å². The maximum atomic E-state index is 12.1. The monoisotopic (exact) mass is 296 g/mol. The number of hydrogen-bond acceptors (Lipinski definition) is 4. The van der Waals surface area contributed by atoms with Crippen LogP contribution in [0.3, 0.4) is 0 Å². The van der Waals surface area contributed by atoms with Crippen LogP contribution in [0.1, 0.15) is 13.3 Å². The maximum absolute atomic E-state index is 12.1. The van der Waals surface area contributed by atoms with Crippen LogP contribution in [0.5, 0.6) is 0 Å². The molecule has 1 aromatic rings. The number of thioether (sulfide) groups is 2. The maximum Gasteiger partial charge on any atom is 0.226 e. The number of benzene rings is 1. The van der Waals surface area contributed by atoms with Gasteiger partial charge in [0, 0.05) is 35.4 Å². The third-order valence-corrected chi connectivity index (χ3v) is 4.98. The summed E-state index contributed by atoms with van der Waals surface area (Å²) in [6.07, 6.45) is 0.554. The Labute approximate surface area is 123 Å². The predicted molar refractivity (Wildman–Crippen MR) is 85.2 cm³/mol. The SMILES string of the molecule is CCSc1ccccc1NC(=O)CC1CSCCN1. The van der Waals surface area contributed by atoms with Crippen molar-refractivity contribution >= 4 is 35.1 Å². The van der Waals surface area contributed by atoms with Gasteiger partial charge in [0.15, 0.2) is 0 Å². The summed E-state index contributed by atoms with van der Waals surface area (Å²) in [7, 11) is 0. The fraction of sp³-hybridized carbons (Fsp3) is 0.500. The first kappa shape index (κ1) is 14.8. The van der Waals surface area contributed by atoms with E-state index in [1.165, 1.54) is 0 Å². The van der Waals surface area contributed by atoms with Crippen molar-refractivity contribution in [2.24, 2.45) is 0 Å². The Morgan fingerprint density at radius 3 is 3.11 bits per heavy atom. The molecule has 0 saturated carbocycles. The fourth-order valence-electron chi connectivity index (χ4n) is 2.03. The molecule has 0 aliphatic carbocycles. The van der Waals surface area contributed by atoms with E-state index in [1.54, 1.807) is 11.8 Å². The molecule has 1 heterocycles. The molecular formula is C14H20N2OS2. The Morgan fingerprint density at radius 1 is 1.53 bits per heavy atom. The molecule has 1 unspecified atom stereocenters. The molecule has 0 aromatic heterocycles. The van der Waals surface area contributed by atoms with Crippen LogP contribution in [0.15, 0.2) is 29.2 Å². The molecule has 1 saturated heterocycles. The van der Waals surface area contributed by atoms with Gasteiger partial charge in [0.25, 0.3) is 0 Å². The topological polar surface area (TPSA) is 41.1 Å². The fourth-order valence-corrected chi connectivity index (χ4v) is 3.74. The molecule has 104 valence electrons. The summed E-state index contributed by atoms with van der Waals surface area (Å²) in [5, 5.41) is 6.42. The second-order valence-electron chi connectivity index (χ2n) is 4.41. The van der Waals surface area contributed by atoms with Gasteiger partial charge >= 0.3 is 0 Å². The molecule has 1 amide bonds. The summed E-state index contributed by atoms with van der Waals surface area (Å²) in [5.74, 6) is 3.28. The Kier molecular flexibility index (Phi) is 6.07. The van der Waals surface area contributed by atoms with Gasteiger partial charge < -0.3 is 10.6 Å². The van der Waals surface area contributed by atoms with Crippen LogP contribution < -0.4 is 10.6 Å². The van der Waals surface area contributed by atoms with Gasteiger partial charge in [0.2, 0.25) is 5.91 Å². The number of hydrogen-bond donors (Lipinski definition) is 2. The van der Waals surface area contributed by atoms with Crippen molar-refractivity contribution in [3.63, 3.8) is 0 Å². The van der Waals surface area contributed by atoms with Gasteiger partial charge in [-0.05, 0) is 17.9 Å². The number of carbonyl (C=O) groups excluding carboxylic acids is 1. The zero-order valence-electron chi connectivity index (χ0n) is 11.1. The normalized spacial score (nSPS) is 19.1. The van der Waals surface area contributed by atoms with Gasteiger partial charge in [-0.3, -0.25) is 4.79 Å². The lowest BCUT2D eigenvalue weighted by molar-refractivity contribution is -0.116. The molecule has 5 heteroatoms. The van der Waals surface area contributed by atoms with Gasteiger partial charge in [0.05, 0.1) is 5.69 Å². The third kappa shape index (κ3) is 4.75. The third-order valence-electron chi connectivity index (χ3n) is 2.89. The first-order valence-electron chi connectivity index (χ1n) is 6.62. The highest BCUT2D eigenvalue weighted by Crippen LogP contribution is 2.26. The molecule has 0 radical (unpaired) electrons. The molecule has 1 aliphatic rings. The van der Waals surface area contributed by atoms with Gasteiger partial charge in [-0.1, -0.05) is 19.1 Å². The number of rotatable bonds is 5. The summed E-state index contributed by atoms with van der Waals surface area (Å²) in [6, 6.07) is 8.30. The van der Waals surface area contributed by atoms with Crippen molar-refractivity contribution in [3.05, 3.63) is 24.3 Å². The summed E-state index contributed by atoms with van der Waals surface area (Å²) < 4.78 is 0. The highest BCUT2D eigenvalue weighted by molar-refractivity contribution is 7.99. The lowest BCUT2D eigenvalue weighted by Crippen LogP contribution is -2.39. The van der Waals surface area contributed by atoms with Crippen molar-refractivity contribution in [1.82, 2.24) is 5.32 Å². The quantitative estimate of drug-likeness (QED) is 0.820. The van der Waals surface area contributed by atoms with E-state index in [4.69, 9.17) is 0 Å². The van der Waals surface area contributed by atoms with Crippen LogP contribution in [-0.2, 0) is 4.79 Å². The highest BCUT2D eigenvalue weighted by Gasteiger charge is 2.17. The molecule has 2 rings (SSSR count). The van der Waals surface area contributed by atoms with E-state index in [0.29, 0.717) is 12.5 Å². The van der Waals surface area contributed by atoms with Crippen LogP contribution in [-0.4, -0.2) is 35.8 Å². The Balaban J connectivity index is 1.90. The highest BCUT2D eigenvalue weighted by atomic mass is 32.2. The number of carbonyl (C=O) groups is 1. The second kappa shape index (κ2) is 7.82. The minimum Gasteiger partial charge on any atom is -0.325 e. The zero-order valence-corrected chi connectivity index (χ0v) is 12.8. The molecular weight excluding hydrogens is 276 g/mol. The van der Waals surface area contributed by atoms with Crippen molar-refractivity contribution < 1.29 is 4.79 Å². The molecule has 1 aromatic carbocycles. The number of anilines is 1. The smallest absolute Gasteiger partial charge is 0.226 e. The first-order valence-corrected chi connectivity index (χ1v) is 8.76. The number of para-hydroxylation sites is 1. The van der Waals surface area contributed by atoms with Crippen molar-refractivity contribution in [2.75, 3.05) is 29.1 Å². The van der Waals surface area contributed by atoms with Gasteiger partial charge in [0.1, 0.15) is 0 Å². The molecule has 1 aliphatic heterocycles. The second-order valence-corrected chi connectivity index (χ2v) is 6.86. The lowest BCUT2D eigenvalue weighted by Gasteiger charge is -2.22. The van der Waals surface area contributed by atoms with Crippen LogP contribution in [0.4, 0.5) is 5.69 Å². The molecule has 2 N–H and O–H groups in total. The van der Waals surface area contributed by atoms with E-state index in [0.717, 1.165) is 34.4 Å². The molecule has 1 fully saturated rings. The van der Waals surface area contributed by atoms with Crippen LogP contribution in [0.25, 0.3) is 0 Å². The van der Waals surface area contributed by atoms with Crippen molar-refractivity contribution in [3.8, 4) is 0 Å². The zero-order chi connectivity index (χ0) is 13.5. The van der Waals surface area contributed by atoms with Crippen LogP contribution >= 0.6 is 23.5 Å². The van der Waals surface area contributed by atoms with Crippen LogP contribution in [0, 0.1) is 0 Å². The van der Waals surface area contributed by atoms with Gasteiger partial charge in [-0.15, -0.1) is 11.8 Å². The number of nitrogens with one attached hydrogen (secondary N) is 2. The summed E-state index contributed by atoms with van der Waals surface area (Å²) in [6.45, 7) is 3.12. The average Bonchev–Trinajstić information content (AvgIpc) is 2.42. The lowest BCUT2D eigenvalue weighted by atomic mass is 10.2. The Morgan fingerprint density at radius 2 is 2.37 bits per heavy atom. The van der Waals surface area contributed by atoms with Crippen LogP contribution in [0.2, 0.25) is 0 Å². The van der Waals surface area contributed by atoms with E-state index >= 15 is 0 Å². The van der Waals surface area contributed by atoms with E-state index in [-0.39, 0.29) is 5.91 Å². The van der Waals surface area contributed by atoms with E-state index in [9.17, 15) is 4.79 Å². The van der Waals surface area contributed by atoms with E-state index in [2.05, 4.69) is 23.6 Å². The largest absolute Gasteiger partial charge is 0.325 e.